The molecule has 10 atom stereocenters. The second-order valence-corrected chi connectivity index (χ2v) is 5.53. The zero-order valence-electron chi connectivity index (χ0n) is 12.0. The fourth-order valence-electron chi connectivity index (χ4n) is 2.57. The van der Waals surface area contributed by atoms with Gasteiger partial charge in [-0.3, -0.25) is 0 Å². The summed E-state index contributed by atoms with van der Waals surface area (Å²) in [7, 11) is 0. The highest BCUT2D eigenvalue weighted by atomic mass is 16.7. The number of rotatable bonds is 4. The van der Waals surface area contributed by atoms with Gasteiger partial charge < -0.3 is 55.1 Å². The SMILES string of the molecule is OC[C@@H]1O[C@@H](O)[C@H](O)[C@@H](O)[C@H]1O[C@H]1O[C@H](CO)[C@@H](O)[C@H](O)[C@H]1O. The maximum atomic E-state index is 9.94. The van der Waals surface area contributed by atoms with Crippen molar-refractivity contribution in [3.8, 4) is 0 Å². The molecule has 0 saturated carbocycles. The van der Waals surface area contributed by atoms with Gasteiger partial charge in [0, 0.05) is 0 Å². The van der Waals surface area contributed by atoms with E-state index in [4.69, 9.17) is 19.3 Å². The van der Waals surface area contributed by atoms with E-state index >= 15 is 0 Å². The molecule has 2 aliphatic rings. The second kappa shape index (κ2) is 7.63. The summed E-state index contributed by atoms with van der Waals surface area (Å²) < 4.78 is 15.3. The number of hydrogen-bond donors (Lipinski definition) is 8. The largest absolute Gasteiger partial charge is 0.394 e. The average Bonchev–Trinajstić information content (AvgIpc) is 2.55. The molecule has 2 saturated heterocycles. The number of ether oxygens (including phenoxy) is 3. The van der Waals surface area contributed by atoms with Crippen molar-refractivity contribution in [1.29, 1.82) is 0 Å². The van der Waals surface area contributed by atoms with E-state index in [9.17, 15) is 35.7 Å². The van der Waals surface area contributed by atoms with Crippen molar-refractivity contribution < 1.29 is 55.1 Å². The van der Waals surface area contributed by atoms with Crippen LogP contribution in [0.2, 0.25) is 0 Å². The van der Waals surface area contributed by atoms with Crippen molar-refractivity contribution in [2.24, 2.45) is 0 Å². The van der Waals surface area contributed by atoms with Gasteiger partial charge in [-0.15, -0.1) is 0 Å². The van der Waals surface area contributed by atoms with Gasteiger partial charge >= 0.3 is 0 Å². The van der Waals surface area contributed by atoms with Gasteiger partial charge in [0.05, 0.1) is 13.2 Å². The van der Waals surface area contributed by atoms with Gasteiger partial charge in [-0.2, -0.15) is 0 Å². The normalized spacial score (nSPS) is 51.7. The molecule has 0 spiro atoms. The van der Waals surface area contributed by atoms with E-state index in [2.05, 4.69) is 0 Å². The van der Waals surface area contributed by atoms with Gasteiger partial charge in [0.15, 0.2) is 12.6 Å². The minimum absolute atomic E-state index is 0.667. The highest BCUT2D eigenvalue weighted by molar-refractivity contribution is 4.93. The van der Waals surface area contributed by atoms with Crippen LogP contribution in [0.1, 0.15) is 0 Å². The molecule has 0 unspecified atom stereocenters. The molecule has 0 aromatic heterocycles. The Balaban J connectivity index is 2.11. The number of aliphatic hydroxyl groups excluding tert-OH is 8. The molecule has 2 fully saturated rings. The molecule has 0 radical (unpaired) electrons. The first-order valence-electron chi connectivity index (χ1n) is 7.08. The predicted octanol–water partition coefficient (Wildman–Crippen LogP) is -5.40. The van der Waals surface area contributed by atoms with Crippen LogP contribution in [0.15, 0.2) is 0 Å². The van der Waals surface area contributed by atoms with Crippen molar-refractivity contribution in [2.75, 3.05) is 13.2 Å². The van der Waals surface area contributed by atoms with E-state index in [1.165, 1.54) is 0 Å². The molecular formula is C12H22O11. The van der Waals surface area contributed by atoms with Crippen LogP contribution in [0.25, 0.3) is 0 Å². The predicted molar refractivity (Wildman–Crippen MR) is 68.6 cm³/mol. The van der Waals surface area contributed by atoms with Gasteiger partial charge in [-0.25, -0.2) is 0 Å². The van der Waals surface area contributed by atoms with Crippen LogP contribution in [-0.4, -0.2) is 115 Å². The quantitative estimate of drug-likeness (QED) is 0.243. The topological polar surface area (TPSA) is 190 Å². The Morgan fingerprint density at radius 3 is 1.83 bits per heavy atom. The van der Waals surface area contributed by atoms with Crippen LogP contribution in [0.5, 0.6) is 0 Å². The third-order valence-electron chi connectivity index (χ3n) is 3.98. The standard InChI is InChI=1S/C12H22O11/c13-1-3-5(15)6(16)9(19)12(22-3)23-10-4(2-14)21-11(20)8(18)7(10)17/h3-20H,1-2H2/t3-,4+,5-,6+,7-,8-,9-,10+,11-,12-/m1/s1. The summed E-state index contributed by atoms with van der Waals surface area (Å²) in [6.45, 7) is -1.35. The fraction of sp³-hybridized carbons (Fsp3) is 1.00. The molecule has 136 valence electrons. The molecule has 0 aromatic carbocycles. The van der Waals surface area contributed by atoms with Crippen molar-refractivity contribution in [2.45, 2.75) is 61.4 Å². The third kappa shape index (κ3) is 3.65. The summed E-state index contributed by atoms with van der Waals surface area (Å²) in [5.74, 6) is 0. The lowest BCUT2D eigenvalue weighted by atomic mass is 9.97. The summed E-state index contributed by atoms with van der Waals surface area (Å²) in [5, 5.41) is 76.5. The average molecular weight is 342 g/mol. The van der Waals surface area contributed by atoms with E-state index in [0.717, 1.165) is 0 Å². The molecule has 0 amide bonds. The number of aliphatic hydroxyl groups is 8. The summed E-state index contributed by atoms with van der Waals surface area (Å²) in [4.78, 5) is 0. The Morgan fingerprint density at radius 2 is 1.26 bits per heavy atom. The lowest BCUT2D eigenvalue weighted by molar-refractivity contribution is -0.355. The zero-order valence-corrected chi connectivity index (χ0v) is 12.0. The van der Waals surface area contributed by atoms with Crippen LogP contribution in [-0.2, 0) is 14.2 Å². The Bertz CT molecular complexity index is 378. The number of hydrogen-bond acceptors (Lipinski definition) is 11. The lowest BCUT2D eigenvalue weighted by Gasteiger charge is -2.45. The summed E-state index contributed by atoms with van der Waals surface area (Å²) >= 11 is 0. The van der Waals surface area contributed by atoms with E-state index in [0.29, 0.717) is 0 Å². The molecular weight excluding hydrogens is 320 g/mol. The molecule has 8 N–H and O–H groups in total. The van der Waals surface area contributed by atoms with Crippen LogP contribution in [0, 0.1) is 0 Å². The Morgan fingerprint density at radius 1 is 0.652 bits per heavy atom. The molecule has 23 heavy (non-hydrogen) atoms. The van der Waals surface area contributed by atoms with Gasteiger partial charge in [-0.05, 0) is 0 Å². The summed E-state index contributed by atoms with van der Waals surface area (Å²) in [5.41, 5.74) is 0. The first-order valence-corrected chi connectivity index (χ1v) is 7.08. The Hall–Kier alpha value is -0.440. The van der Waals surface area contributed by atoms with E-state index in [1.54, 1.807) is 0 Å². The van der Waals surface area contributed by atoms with Crippen LogP contribution < -0.4 is 0 Å². The van der Waals surface area contributed by atoms with Crippen molar-refractivity contribution in [1.82, 2.24) is 0 Å². The van der Waals surface area contributed by atoms with Gasteiger partial charge in [0.1, 0.15) is 48.8 Å². The third-order valence-corrected chi connectivity index (χ3v) is 3.98. The first-order chi connectivity index (χ1) is 10.8. The second-order valence-electron chi connectivity index (χ2n) is 5.53. The minimum Gasteiger partial charge on any atom is -0.394 e. The van der Waals surface area contributed by atoms with Gasteiger partial charge in [0.25, 0.3) is 0 Å². The van der Waals surface area contributed by atoms with E-state index < -0.39 is 74.6 Å². The van der Waals surface area contributed by atoms with Crippen LogP contribution in [0.3, 0.4) is 0 Å². The Labute approximate surface area is 130 Å². The lowest BCUT2D eigenvalue weighted by Crippen LogP contribution is -2.64. The minimum atomic E-state index is -1.74. The smallest absolute Gasteiger partial charge is 0.187 e. The highest BCUT2D eigenvalue weighted by Crippen LogP contribution is 2.28. The fourth-order valence-corrected chi connectivity index (χ4v) is 2.57. The molecule has 0 bridgehead atoms. The monoisotopic (exact) mass is 342 g/mol. The molecule has 11 nitrogen and oxygen atoms in total. The maximum absolute atomic E-state index is 9.94. The highest BCUT2D eigenvalue weighted by Gasteiger charge is 2.50. The van der Waals surface area contributed by atoms with Gasteiger partial charge in [-0.1, -0.05) is 0 Å². The van der Waals surface area contributed by atoms with E-state index in [1.807, 2.05) is 0 Å². The summed E-state index contributed by atoms with van der Waals surface area (Å²) in [6, 6.07) is 0. The Kier molecular flexibility index (Phi) is 6.27. The van der Waals surface area contributed by atoms with Crippen LogP contribution in [0.4, 0.5) is 0 Å². The van der Waals surface area contributed by atoms with Crippen molar-refractivity contribution in [3.05, 3.63) is 0 Å². The molecule has 11 heteroatoms. The zero-order chi connectivity index (χ0) is 17.3. The summed E-state index contributed by atoms with van der Waals surface area (Å²) in [6.07, 6.45) is -15.6. The molecule has 2 heterocycles. The van der Waals surface area contributed by atoms with Crippen LogP contribution >= 0.6 is 0 Å². The van der Waals surface area contributed by atoms with Crippen molar-refractivity contribution >= 4 is 0 Å². The van der Waals surface area contributed by atoms with E-state index in [-0.39, 0.29) is 0 Å². The molecule has 2 rings (SSSR count). The maximum Gasteiger partial charge on any atom is 0.187 e. The molecule has 0 aliphatic carbocycles. The first kappa shape index (κ1) is 18.9. The van der Waals surface area contributed by atoms with Gasteiger partial charge in [0.2, 0.25) is 0 Å². The van der Waals surface area contributed by atoms with Crippen molar-refractivity contribution in [3.63, 3.8) is 0 Å². The molecule has 0 aromatic rings. The molecule has 2 aliphatic heterocycles.